The molecular formula is C6H22O5SiY. The zero-order valence-electron chi connectivity index (χ0n) is 7.20. The first kappa shape index (κ1) is 29.2. The summed E-state index contributed by atoms with van der Waals surface area (Å²) in [7, 11) is 1.83. The number of aliphatic hydroxyl groups is 1. The summed E-state index contributed by atoms with van der Waals surface area (Å²) in [5, 5.41) is 7.00. The van der Waals surface area contributed by atoms with E-state index in [0.717, 1.165) is 7.11 Å². The summed E-state index contributed by atoms with van der Waals surface area (Å²) in [5.41, 5.74) is 0. The van der Waals surface area contributed by atoms with Gasteiger partial charge in [-0.2, -0.15) is 0 Å². The predicted octanol–water partition coefficient (Wildman–Crippen LogP) is 0.232. The van der Waals surface area contributed by atoms with Gasteiger partial charge in [-0.1, -0.05) is 14.9 Å². The van der Waals surface area contributed by atoms with Gasteiger partial charge in [-0.3, -0.25) is 0 Å². The SMILES string of the molecule is C.C.CO.CO[Si](O)(OC)OC.[Y]. The van der Waals surface area contributed by atoms with Gasteiger partial charge in [0.05, 0.1) is 0 Å². The normalized spacial score (nSPS) is 7.85. The van der Waals surface area contributed by atoms with Crippen molar-refractivity contribution in [2.24, 2.45) is 0 Å². The van der Waals surface area contributed by atoms with Crippen molar-refractivity contribution in [2.45, 2.75) is 14.9 Å². The third kappa shape index (κ3) is 15.8. The smallest absolute Gasteiger partial charge is 0.400 e. The first-order valence-corrected chi connectivity index (χ1v) is 4.18. The van der Waals surface area contributed by atoms with E-state index >= 15 is 0 Å². The van der Waals surface area contributed by atoms with E-state index in [2.05, 4.69) is 13.3 Å². The Bertz CT molecular complexity index is 63.8. The summed E-state index contributed by atoms with van der Waals surface area (Å²) in [6.45, 7) is 0. The maximum absolute atomic E-state index is 8.91. The van der Waals surface area contributed by atoms with Gasteiger partial charge in [0.25, 0.3) is 0 Å². The number of rotatable bonds is 3. The first-order chi connectivity index (χ1) is 4.68. The fourth-order valence-electron chi connectivity index (χ4n) is 0.250. The van der Waals surface area contributed by atoms with Crippen LogP contribution in [0.15, 0.2) is 0 Å². The molecule has 0 aliphatic carbocycles. The third-order valence-corrected chi connectivity index (χ3v) is 2.32. The summed E-state index contributed by atoms with van der Waals surface area (Å²) < 4.78 is 13.5. The third-order valence-electron chi connectivity index (χ3n) is 0.774. The van der Waals surface area contributed by atoms with Crippen molar-refractivity contribution in [1.82, 2.24) is 0 Å². The number of aliphatic hydroxyl groups excluding tert-OH is 1. The Hall–Kier alpha value is 1.12. The monoisotopic (exact) mass is 291 g/mol. The molecule has 0 spiro atoms. The fraction of sp³-hybridized carbons (Fsp3) is 1.00. The average molecular weight is 291 g/mol. The van der Waals surface area contributed by atoms with Gasteiger partial charge in [-0.25, -0.2) is 0 Å². The second-order valence-electron chi connectivity index (χ2n) is 1.14. The van der Waals surface area contributed by atoms with Gasteiger partial charge in [-0.05, 0) is 0 Å². The molecule has 0 amide bonds. The largest absolute Gasteiger partial charge is 0.676 e. The van der Waals surface area contributed by atoms with Crippen LogP contribution in [0.1, 0.15) is 14.9 Å². The van der Waals surface area contributed by atoms with E-state index in [1.54, 1.807) is 0 Å². The van der Waals surface area contributed by atoms with Crippen molar-refractivity contribution in [2.75, 3.05) is 28.4 Å². The minimum Gasteiger partial charge on any atom is -0.400 e. The molecule has 0 unspecified atom stereocenters. The van der Waals surface area contributed by atoms with Crippen molar-refractivity contribution in [3.63, 3.8) is 0 Å². The van der Waals surface area contributed by atoms with Gasteiger partial charge in [0.15, 0.2) is 0 Å². The van der Waals surface area contributed by atoms with Crippen LogP contribution < -0.4 is 0 Å². The topological polar surface area (TPSA) is 68.2 Å². The molecule has 0 bridgehead atoms. The molecule has 0 rings (SSSR count). The molecule has 2 N–H and O–H groups in total. The van der Waals surface area contributed by atoms with Crippen LogP contribution in [0.5, 0.6) is 0 Å². The van der Waals surface area contributed by atoms with Crippen molar-refractivity contribution in [3.05, 3.63) is 0 Å². The summed E-state index contributed by atoms with van der Waals surface area (Å²) in [4.78, 5) is 8.91. The van der Waals surface area contributed by atoms with Gasteiger partial charge in [-0.15, -0.1) is 0 Å². The first-order valence-electron chi connectivity index (χ1n) is 2.51. The second kappa shape index (κ2) is 18.8. The molecule has 0 aliphatic rings. The van der Waals surface area contributed by atoms with Gasteiger partial charge in [0.1, 0.15) is 0 Å². The molecule has 0 aliphatic heterocycles. The molecule has 7 heteroatoms. The quantitative estimate of drug-likeness (QED) is 0.729. The minimum atomic E-state index is -3.17. The molecule has 0 saturated carbocycles. The number of hydrogen-bond acceptors (Lipinski definition) is 5. The molecule has 0 heterocycles. The summed E-state index contributed by atoms with van der Waals surface area (Å²) in [6.07, 6.45) is 0. The van der Waals surface area contributed by atoms with Gasteiger partial charge in [0.2, 0.25) is 0 Å². The maximum Gasteiger partial charge on any atom is 0.676 e. The van der Waals surface area contributed by atoms with Crippen LogP contribution in [0.2, 0.25) is 0 Å². The molecule has 0 fully saturated rings. The van der Waals surface area contributed by atoms with Gasteiger partial charge < -0.3 is 23.2 Å². The Morgan fingerprint density at radius 1 is 0.846 bits per heavy atom. The Balaban J connectivity index is -0.0000000398. The Kier molecular flexibility index (Phi) is 42.3. The molecule has 0 aromatic heterocycles. The second-order valence-corrected chi connectivity index (χ2v) is 3.41. The van der Waals surface area contributed by atoms with E-state index < -0.39 is 9.05 Å². The van der Waals surface area contributed by atoms with E-state index in [9.17, 15) is 0 Å². The van der Waals surface area contributed by atoms with Gasteiger partial charge >= 0.3 is 9.05 Å². The van der Waals surface area contributed by atoms with Crippen LogP contribution in [-0.4, -0.2) is 47.4 Å². The minimum absolute atomic E-state index is 0. The van der Waals surface area contributed by atoms with Crippen LogP contribution in [0.4, 0.5) is 0 Å². The van der Waals surface area contributed by atoms with Crippen LogP contribution >= 0.6 is 0 Å². The van der Waals surface area contributed by atoms with E-state index in [1.165, 1.54) is 21.3 Å². The predicted molar refractivity (Wildman–Crippen MR) is 50.6 cm³/mol. The van der Waals surface area contributed by atoms with Crippen molar-refractivity contribution in [1.29, 1.82) is 0 Å². The summed E-state index contributed by atoms with van der Waals surface area (Å²) in [6, 6.07) is 0. The van der Waals surface area contributed by atoms with E-state index in [4.69, 9.17) is 9.90 Å². The molecule has 0 aromatic carbocycles. The van der Waals surface area contributed by atoms with Gasteiger partial charge in [0, 0.05) is 61.1 Å². The van der Waals surface area contributed by atoms with Crippen LogP contribution in [0.25, 0.3) is 0 Å². The molecular weight excluding hydrogens is 269 g/mol. The Morgan fingerprint density at radius 3 is 1.00 bits per heavy atom. The molecule has 5 nitrogen and oxygen atoms in total. The van der Waals surface area contributed by atoms with E-state index in [1.807, 2.05) is 0 Å². The summed E-state index contributed by atoms with van der Waals surface area (Å²) >= 11 is 0. The Morgan fingerprint density at radius 2 is 1.00 bits per heavy atom. The van der Waals surface area contributed by atoms with Crippen molar-refractivity contribution < 1.29 is 55.9 Å². The number of hydrogen-bond donors (Lipinski definition) is 2. The zero-order valence-corrected chi connectivity index (χ0v) is 11.0. The molecule has 0 saturated heterocycles. The van der Waals surface area contributed by atoms with Crippen molar-refractivity contribution in [3.8, 4) is 0 Å². The fourth-order valence-corrected chi connectivity index (χ4v) is 0.750. The molecule has 1 radical (unpaired) electrons. The molecule has 0 atom stereocenters. The van der Waals surface area contributed by atoms with Crippen molar-refractivity contribution >= 4 is 9.05 Å². The van der Waals surface area contributed by atoms with E-state index in [-0.39, 0.29) is 47.6 Å². The Labute approximate surface area is 108 Å². The molecule has 13 heavy (non-hydrogen) atoms. The van der Waals surface area contributed by atoms with E-state index in [0.29, 0.717) is 0 Å². The zero-order chi connectivity index (χ0) is 8.62. The standard InChI is InChI=1S/C3H10O4Si.CH4O.2CH4.Y/c1-5-8(4,6-2)7-3;1-2;;;/h4H,1-3H3;2H,1H3;2*1H4;. The van der Waals surface area contributed by atoms with Crippen LogP contribution in [0, 0.1) is 0 Å². The average Bonchev–Trinajstić information content (AvgIpc) is 2.07. The molecule has 0 aromatic rings. The van der Waals surface area contributed by atoms with Crippen LogP contribution in [0.3, 0.4) is 0 Å². The maximum atomic E-state index is 8.91. The summed E-state index contributed by atoms with van der Waals surface area (Å²) in [5.74, 6) is 0. The van der Waals surface area contributed by atoms with Crippen LogP contribution in [-0.2, 0) is 46.0 Å². The molecule has 83 valence electrons.